The maximum absolute atomic E-state index is 10.3. The van der Waals surface area contributed by atoms with Crippen LogP contribution in [-0.4, -0.2) is 39.9 Å². The zero-order chi connectivity index (χ0) is 9.14. The van der Waals surface area contributed by atoms with Crippen LogP contribution in [0.25, 0.3) is 0 Å². The van der Waals surface area contributed by atoms with Gasteiger partial charge >= 0.3 is 12.1 Å². The third-order valence-electron chi connectivity index (χ3n) is 1.25. The van der Waals surface area contributed by atoms with Crippen LogP contribution in [0.5, 0.6) is 0 Å². The van der Waals surface area contributed by atoms with Gasteiger partial charge in [-0.1, -0.05) is 0 Å². The minimum Gasteiger partial charge on any atom is -0.476 e. The zero-order valence-electron chi connectivity index (χ0n) is 5.97. The van der Waals surface area contributed by atoms with Gasteiger partial charge in [-0.15, -0.1) is 0 Å². The van der Waals surface area contributed by atoms with Gasteiger partial charge in [0, 0.05) is 12.4 Å². The maximum Gasteiger partial charge on any atom is 0.411 e. The molecule has 64 valence electrons. The van der Waals surface area contributed by atoms with E-state index < -0.39 is 12.1 Å². The topological polar surface area (TPSA) is 90.2 Å². The van der Waals surface area contributed by atoms with Crippen LogP contribution >= 0.6 is 0 Å². The van der Waals surface area contributed by atoms with Crippen molar-refractivity contribution in [2.24, 2.45) is 4.99 Å². The van der Waals surface area contributed by atoms with Gasteiger partial charge in [-0.25, -0.2) is 9.59 Å². The summed E-state index contributed by atoms with van der Waals surface area (Å²) < 4.78 is 0. The Hall–Kier alpha value is -1.85. The van der Waals surface area contributed by atoms with Gasteiger partial charge in [0.05, 0.1) is 6.54 Å². The molecule has 0 saturated carbocycles. The summed E-state index contributed by atoms with van der Waals surface area (Å²) in [5.74, 6) is -1.24. The first-order valence-corrected chi connectivity index (χ1v) is 3.08. The van der Waals surface area contributed by atoms with E-state index in [1.165, 1.54) is 6.21 Å². The monoisotopic (exact) mass is 170 g/mol. The molecule has 0 aromatic rings. The van der Waals surface area contributed by atoms with Crippen molar-refractivity contribution in [3.8, 4) is 0 Å². The molecule has 0 unspecified atom stereocenters. The molecule has 1 amide bonds. The molecule has 12 heavy (non-hydrogen) atoms. The van der Waals surface area contributed by atoms with E-state index in [2.05, 4.69) is 4.99 Å². The molecule has 1 heterocycles. The zero-order valence-corrected chi connectivity index (χ0v) is 5.97. The summed E-state index contributed by atoms with van der Waals surface area (Å²) >= 11 is 0. The molecule has 6 heteroatoms. The first-order chi connectivity index (χ1) is 5.61. The molecule has 1 aliphatic heterocycles. The van der Waals surface area contributed by atoms with Crippen LogP contribution in [0.3, 0.4) is 0 Å². The van der Waals surface area contributed by atoms with Crippen molar-refractivity contribution in [1.82, 2.24) is 4.90 Å². The summed E-state index contributed by atoms with van der Waals surface area (Å²) in [5, 5.41) is 16.9. The average molecular weight is 170 g/mol. The van der Waals surface area contributed by atoms with Crippen molar-refractivity contribution in [2.75, 3.05) is 6.54 Å². The number of rotatable bonds is 1. The average Bonchev–Trinajstić information content (AvgIpc) is 2.04. The predicted molar refractivity (Wildman–Crippen MR) is 38.9 cm³/mol. The molecule has 6 nitrogen and oxygen atoms in total. The molecular weight excluding hydrogens is 164 g/mol. The fraction of sp³-hybridized carbons (Fsp3) is 0.167. The summed E-state index contributed by atoms with van der Waals surface area (Å²) in [6.07, 6.45) is 1.02. The number of carboxylic acids is 1. The summed E-state index contributed by atoms with van der Waals surface area (Å²) in [4.78, 5) is 25.0. The first-order valence-electron chi connectivity index (χ1n) is 3.08. The Morgan fingerprint density at radius 3 is 2.67 bits per heavy atom. The minimum atomic E-state index is -1.24. The van der Waals surface area contributed by atoms with Gasteiger partial charge in [0.25, 0.3) is 0 Å². The SMILES string of the molecule is O=C(O)C1=CN(C(=O)O)CC=N1. The first kappa shape index (κ1) is 8.25. The number of nitrogens with zero attached hydrogens (tertiary/aromatic N) is 2. The number of amides is 1. The van der Waals surface area contributed by atoms with E-state index in [4.69, 9.17) is 10.2 Å². The van der Waals surface area contributed by atoms with Crippen LogP contribution in [0.15, 0.2) is 16.9 Å². The highest BCUT2D eigenvalue weighted by Crippen LogP contribution is 2.04. The lowest BCUT2D eigenvalue weighted by Gasteiger charge is -2.14. The third kappa shape index (κ3) is 1.60. The van der Waals surface area contributed by atoms with E-state index in [-0.39, 0.29) is 12.2 Å². The Morgan fingerprint density at radius 1 is 1.50 bits per heavy atom. The minimum absolute atomic E-state index is 0.0894. The molecule has 0 saturated heterocycles. The lowest BCUT2D eigenvalue weighted by molar-refractivity contribution is -0.132. The fourth-order valence-corrected chi connectivity index (χ4v) is 0.705. The largest absolute Gasteiger partial charge is 0.476 e. The van der Waals surface area contributed by atoms with E-state index in [1.807, 2.05) is 0 Å². The van der Waals surface area contributed by atoms with Gasteiger partial charge in [0.15, 0.2) is 5.70 Å². The Kier molecular flexibility index (Phi) is 2.09. The smallest absolute Gasteiger partial charge is 0.411 e. The van der Waals surface area contributed by atoms with Crippen molar-refractivity contribution in [2.45, 2.75) is 0 Å². The van der Waals surface area contributed by atoms with Crippen molar-refractivity contribution in [3.05, 3.63) is 11.9 Å². The van der Waals surface area contributed by atoms with Crippen LogP contribution < -0.4 is 0 Å². The Bertz CT molecular complexity index is 281. The number of hydrogen-bond acceptors (Lipinski definition) is 3. The van der Waals surface area contributed by atoms with Gasteiger partial charge in [-0.3, -0.25) is 9.89 Å². The van der Waals surface area contributed by atoms with E-state index in [0.717, 1.165) is 11.1 Å². The van der Waals surface area contributed by atoms with Gasteiger partial charge in [-0.2, -0.15) is 0 Å². The van der Waals surface area contributed by atoms with Crippen LogP contribution in [0.1, 0.15) is 0 Å². The Labute approximate surface area is 67.4 Å². The van der Waals surface area contributed by atoms with Gasteiger partial charge in [0.1, 0.15) is 0 Å². The highest BCUT2D eigenvalue weighted by Gasteiger charge is 2.15. The van der Waals surface area contributed by atoms with E-state index in [9.17, 15) is 9.59 Å². The van der Waals surface area contributed by atoms with E-state index >= 15 is 0 Å². The fourth-order valence-electron chi connectivity index (χ4n) is 0.705. The predicted octanol–water partition coefficient (Wildman–Crippen LogP) is -0.0232. The summed E-state index contributed by atoms with van der Waals surface area (Å²) in [6.45, 7) is 0.0894. The summed E-state index contributed by atoms with van der Waals surface area (Å²) in [5.41, 5.74) is -0.274. The molecule has 1 aliphatic rings. The van der Waals surface area contributed by atoms with E-state index in [1.54, 1.807) is 0 Å². The Balaban J connectivity index is 2.82. The lowest BCUT2D eigenvalue weighted by Crippen LogP contribution is -2.29. The van der Waals surface area contributed by atoms with Crippen LogP contribution in [0, 0.1) is 0 Å². The van der Waals surface area contributed by atoms with E-state index in [0.29, 0.717) is 0 Å². The Morgan fingerprint density at radius 2 is 2.17 bits per heavy atom. The van der Waals surface area contributed by atoms with Crippen LogP contribution in [0.2, 0.25) is 0 Å². The second kappa shape index (κ2) is 3.04. The third-order valence-corrected chi connectivity index (χ3v) is 1.25. The summed E-state index contributed by atoms with van der Waals surface area (Å²) in [6, 6.07) is 0. The van der Waals surface area contributed by atoms with Crippen molar-refractivity contribution in [3.63, 3.8) is 0 Å². The lowest BCUT2D eigenvalue weighted by atomic mass is 10.4. The highest BCUT2D eigenvalue weighted by molar-refractivity contribution is 5.90. The molecule has 1 rings (SSSR count). The maximum atomic E-state index is 10.3. The van der Waals surface area contributed by atoms with Crippen molar-refractivity contribution >= 4 is 18.3 Å². The second-order valence-electron chi connectivity index (χ2n) is 2.07. The van der Waals surface area contributed by atoms with Crippen LogP contribution in [-0.2, 0) is 4.79 Å². The van der Waals surface area contributed by atoms with Gasteiger partial charge < -0.3 is 10.2 Å². The van der Waals surface area contributed by atoms with Crippen molar-refractivity contribution < 1.29 is 19.8 Å². The molecule has 0 aromatic heterocycles. The molecule has 0 radical (unpaired) electrons. The standard InChI is InChI=1S/C6H6N2O4/c9-5(10)4-3-8(6(11)12)2-1-7-4/h1,3H,2H2,(H,9,10)(H,11,12). The molecule has 0 aliphatic carbocycles. The number of aliphatic imine (C=N–C) groups is 1. The molecular formula is C6H6N2O4. The van der Waals surface area contributed by atoms with Crippen LogP contribution in [0.4, 0.5) is 4.79 Å². The number of carbonyl (C=O) groups is 2. The highest BCUT2D eigenvalue weighted by atomic mass is 16.4. The number of aliphatic carboxylic acids is 1. The number of carboxylic acid groups (broad SMARTS) is 2. The quantitative estimate of drug-likeness (QED) is 0.578. The normalized spacial score (nSPS) is 15.7. The molecule has 0 spiro atoms. The molecule has 0 fully saturated rings. The molecule has 2 N–H and O–H groups in total. The van der Waals surface area contributed by atoms with Gasteiger partial charge in [0.2, 0.25) is 0 Å². The molecule has 0 atom stereocenters. The molecule has 0 aromatic carbocycles. The van der Waals surface area contributed by atoms with Gasteiger partial charge in [-0.05, 0) is 0 Å². The molecule has 0 bridgehead atoms. The summed E-state index contributed by atoms with van der Waals surface area (Å²) in [7, 11) is 0. The van der Waals surface area contributed by atoms with Crippen molar-refractivity contribution in [1.29, 1.82) is 0 Å². The second-order valence-corrected chi connectivity index (χ2v) is 2.07. The number of hydrogen-bond donors (Lipinski definition) is 2.